The van der Waals surface area contributed by atoms with E-state index in [9.17, 15) is 0 Å². The van der Waals surface area contributed by atoms with Gasteiger partial charge in [0.1, 0.15) is 5.75 Å². The summed E-state index contributed by atoms with van der Waals surface area (Å²) in [5.41, 5.74) is 1.09. The van der Waals surface area contributed by atoms with E-state index in [4.69, 9.17) is 5.11 Å². The first-order valence-corrected chi connectivity index (χ1v) is 2.54. The fraction of sp³-hybridized carbons (Fsp3) is 0.143. The minimum Gasteiger partial charge on any atom is -0.508 e. The Labute approximate surface area is 65.5 Å². The molecule has 0 amide bonds. The van der Waals surface area contributed by atoms with Gasteiger partial charge < -0.3 is 5.11 Å². The maximum absolute atomic E-state index is 8.81. The molecule has 0 saturated heterocycles. The second-order valence-corrected chi connectivity index (χ2v) is 1.84. The lowest BCUT2D eigenvalue weighted by atomic mass is 10.2. The van der Waals surface area contributed by atoms with E-state index in [1.165, 1.54) is 0 Å². The minimum atomic E-state index is 0. The Bertz CT molecular complexity index is 169. The van der Waals surface area contributed by atoms with Gasteiger partial charge in [-0.2, -0.15) is 0 Å². The molecule has 0 aliphatic rings. The molecular weight excluding hydrogens is 127 g/mol. The zero-order valence-electron chi connectivity index (χ0n) is 4.76. The van der Waals surface area contributed by atoms with Gasteiger partial charge >= 0.3 is 0 Å². The highest BCUT2D eigenvalue weighted by molar-refractivity contribution is 5.75. The van der Waals surface area contributed by atoms with Crippen LogP contribution in [0.2, 0.25) is 0 Å². The largest absolute Gasteiger partial charge is 0.508 e. The quantitative estimate of drug-likeness (QED) is 0.518. The third-order valence-corrected chi connectivity index (χ3v) is 1.00. The summed E-state index contributed by atoms with van der Waals surface area (Å²) >= 11 is 0. The van der Waals surface area contributed by atoms with Crippen LogP contribution < -0.4 is 0 Å². The van der Waals surface area contributed by atoms with Crippen molar-refractivity contribution in [2.45, 2.75) is 6.92 Å². The van der Waals surface area contributed by atoms with Crippen molar-refractivity contribution in [1.29, 1.82) is 0 Å². The van der Waals surface area contributed by atoms with Gasteiger partial charge in [0, 0.05) is 0 Å². The van der Waals surface area contributed by atoms with Crippen molar-refractivity contribution in [2.75, 3.05) is 0 Å². The first-order valence-electron chi connectivity index (χ1n) is 2.54. The van der Waals surface area contributed by atoms with E-state index in [0.717, 1.165) is 5.56 Å². The molecule has 0 saturated carbocycles. The van der Waals surface area contributed by atoms with E-state index in [2.05, 4.69) is 0 Å². The van der Waals surface area contributed by atoms with E-state index in [-0.39, 0.29) is 17.4 Å². The number of aromatic hydroxyl groups is 1. The van der Waals surface area contributed by atoms with Gasteiger partial charge in [-0.1, -0.05) is 12.1 Å². The minimum absolute atomic E-state index is 0. The van der Waals surface area contributed by atoms with Gasteiger partial charge in [-0.25, -0.2) is 0 Å². The lowest BCUT2D eigenvalue weighted by Crippen LogP contribution is -1.66. The molecule has 0 spiro atoms. The fourth-order valence-electron chi connectivity index (χ4n) is 0.628. The SMILES string of the molecule is Cc1cccc(O)c1.[AlH3]. The van der Waals surface area contributed by atoms with E-state index >= 15 is 0 Å². The summed E-state index contributed by atoms with van der Waals surface area (Å²) in [6, 6.07) is 7.15. The average molecular weight is 138 g/mol. The van der Waals surface area contributed by atoms with Crippen molar-refractivity contribution >= 4 is 17.4 Å². The number of rotatable bonds is 0. The number of phenols is 1. The molecule has 9 heavy (non-hydrogen) atoms. The highest BCUT2D eigenvalue weighted by atomic mass is 27.0. The highest BCUT2D eigenvalue weighted by Gasteiger charge is 1.83. The van der Waals surface area contributed by atoms with Crippen LogP contribution in [0.25, 0.3) is 0 Å². The van der Waals surface area contributed by atoms with Gasteiger partial charge in [-0.15, -0.1) is 0 Å². The molecule has 0 atom stereocenters. The van der Waals surface area contributed by atoms with Crippen molar-refractivity contribution in [1.82, 2.24) is 0 Å². The van der Waals surface area contributed by atoms with Gasteiger partial charge in [0.05, 0.1) is 0 Å². The molecule has 0 aliphatic carbocycles. The first kappa shape index (κ1) is 8.55. The molecule has 0 heterocycles. The second kappa shape index (κ2) is 3.55. The number of hydrogen-bond donors (Lipinski definition) is 1. The normalized spacial score (nSPS) is 8.11. The maximum Gasteiger partial charge on any atom is 0.187 e. The number of hydrogen-bond acceptors (Lipinski definition) is 1. The Kier molecular flexibility index (Phi) is 3.38. The lowest BCUT2D eigenvalue weighted by molar-refractivity contribution is 0.475. The van der Waals surface area contributed by atoms with Gasteiger partial charge in [-0.05, 0) is 24.6 Å². The van der Waals surface area contributed by atoms with E-state index in [0.29, 0.717) is 5.75 Å². The van der Waals surface area contributed by atoms with Crippen molar-refractivity contribution in [3.63, 3.8) is 0 Å². The summed E-state index contributed by atoms with van der Waals surface area (Å²) in [7, 11) is 0. The smallest absolute Gasteiger partial charge is 0.187 e. The zero-order valence-corrected chi connectivity index (χ0v) is 4.76. The molecule has 0 fully saturated rings. The molecule has 2 heteroatoms. The van der Waals surface area contributed by atoms with Crippen LogP contribution in [0.5, 0.6) is 5.75 Å². The van der Waals surface area contributed by atoms with Crippen molar-refractivity contribution in [3.8, 4) is 5.75 Å². The molecule has 1 aromatic carbocycles. The topological polar surface area (TPSA) is 20.2 Å². The van der Waals surface area contributed by atoms with Gasteiger partial charge in [0.15, 0.2) is 17.4 Å². The van der Waals surface area contributed by atoms with Crippen molar-refractivity contribution in [3.05, 3.63) is 29.8 Å². The predicted molar refractivity (Wildman–Crippen MR) is 42.8 cm³/mol. The average Bonchev–Trinajstić information content (AvgIpc) is 1.64. The Morgan fingerprint density at radius 1 is 1.33 bits per heavy atom. The molecule has 1 aromatic rings. The Balaban J connectivity index is 0.000000640. The monoisotopic (exact) mass is 138 g/mol. The molecule has 0 aromatic heterocycles. The van der Waals surface area contributed by atoms with Crippen LogP contribution in [-0.2, 0) is 0 Å². The predicted octanol–water partition coefficient (Wildman–Crippen LogP) is 0.517. The third kappa shape index (κ3) is 2.55. The Morgan fingerprint density at radius 2 is 2.00 bits per heavy atom. The van der Waals surface area contributed by atoms with Crippen LogP contribution in [0.3, 0.4) is 0 Å². The highest BCUT2D eigenvalue weighted by Crippen LogP contribution is 2.08. The molecule has 48 valence electrons. The summed E-state index contributed by atoms with van der Waals surface area (Å²) < 4.78 is 0. The molecule has 1 N–H and O–H groups in total. The summed E-state index contributed by atoms with van der Waals surface area (Å²) in [5.74, 6) is 0.338. The molecule has 0 unspecified atom stereocenters. The maximum atomic E-state index is 8.81. The Morgan fingerprint density at radius 3 is 2.33 bits per heavy atom. The van der Waals surface area contributed by atoms with Crippen LogP contribution in [0.4, 0.5) is 0 Å². The number of benzene rings is 1. The van der Waals surface area contributed by atoms with E-state index in [1.54, 1.807) is 12.1 Å². The van der Waals surface area contributed by atoms with Crippen LogP contribution in [0, 0.1) is 6.92 Å². The van der Waals surface area contributed by atoms with Gasteiger partial charge in [-0.3, -0.25) is 0 Å². The van der Waals surface area contributed by atoms with Crippen LogP contribution in [0.1, 0.15) is 5.56 Å². The van der Waals surface area contributed by atoms with Crippen LogP contribution in [-0.4, -0.2) is 22.5 Å². The number of phenolic OH excluding ortho intramolecular Hbond substituents is 1. The van der Waals surface area contributed by atoms with Crippen LogP contribution in [0.15, 0.2) is 24.3 Å². The molecule has 0 bridgehead atoms. The zero-order chi connectivity index (χ0) is 5.98. The van der Waals surface area contributed by atoms with E-state index < -0.39 is 0 Å². The third-order valence-electron chi connectivity index (χ3n) is 1.00. The summed E-state index contributed by atoms with van der Waals surface area (Å²) in [4.78, 5) is 0. The van der Waals surface area contributed by atoms with Gasteiger partial charge in [0.2, 0.25) is 0 Å². The van der Waals surface area contributed by atoms with Crippen molar-refractivity contribution < 1.29 is 5.11 Å². The summed E-state index contributed by atoms with van der Waals surface area (Å²) in [6.07, 6.45) is 0. The second-order valence-electron chi connectivity index (χ2n) is 1.84. The molecule has 1 rings (SSSR count). The van der Waals surface area contributed by atoms with Crippen molar-refractivity contribution in [2.24, 2.45) is 0 Å². The Hall–Kier alpha value is -0.448. The fourth-order valence-corrected chi connectivity index (χ4v) is 0.628. The van der Waals surface area contributed by atoms with Gasteiger partial charge in [0.25, 0.3) is 0 Å². The van der Waals surface area contributed by atoms with Crippen LogP contribution >= 0.6 is 0 Å². The summed E-state index contributed by atoms with van der Waals surface area (Å²) in [5, 5.41) is 8.81. The lowest BCUT2D eigenvalue weighted by Gasteiger charge is -1.89. The molecule has 1 nitrogen and oxygen atoms in total. The molecule has 0 radical (unpaired) electrons. The molecular formula is C7H11AlO. The van der Waals surface area contributed by atoms with E-state index in [1.807, 2.05) is 19.1 Å². The first-order chi connectivity index (χ1) is 3.79. The molecule has 0 aliphatic heterocycles. The standard InChI is InChI=1S/C7H8O.Al.3H/c1-6-3-2-4-7(8)5-6;;;;/h2-5,8H,1H3;;;;. The summed E-state index contributed by atoms with van der Waals surface area (Å²) in [6.45, 7) is 1.94. The number of aryl methyl sites for hydroxylation is 1.